The highest BCUT2D eigenvalue weighted by molar-refractivity contribution is 7.15. The number of fused-ring (bicyclic) bond motifs is 1. The third-order valence-electron chi connectivity index (χ3n) is 3.62. The molecular weight excluding hydrogens is 337 g/mol. The number of hydrogen-bond acceptors (Lipinski definition) is 4. The van der Waals surface area contributed by atoms with Gasteiger partial charge in [0.25, 0.3) is 5.56 Å². The van der Waals surface area contributed by atoms with Crippen molar-refractivity contribution >= 4 is 28.4 Å². The van der Waals surface area contributed by atoms with Crippen molar-refractivity contribution in [2.75, 3.05) is 0 Å². The van der Waals surface area contributed by atoms with Gasteiger partial charge >= 0.3 is 0 Å². The Hall–Kier alpha value is -3.12. The Labute approximate surface area is 146 Å². The molecule has 4 aromatic rings. The van der Waals surface area contributed by atoms with Crippen molar-refractivity contribution < 1.29 is 4.39 Å². The lowest BCUT2D eigenvalue weighted by molar-refractivity contribution is 0.628. The van der Waals surface area contributed by atoms with Crippen LogP contribution in [0.25, 0.3) is 28.5 Å². The van der Waals surface area contributed by atoms with Crippen LogP contribution in [-0.4, -0.2) is 14.6 Å². The Morgan fingerprint density at radius 1 is 1.04 bits per heavy atom. The van der Waals surface area contributed by atoms with Gasteiger partial charge in [-0.3, -0.25) is 4.79 Å². The molecule has 0 N–H and O–H groups in total. The van der Waals surface area contributed by atoms with E-state index >= 15 is 0 Å². The van der Waals surface area contributed by atoms with Crippen molar-refractivity contribution in [3.8, 4) is 11.4 Å². The van der Waals surface area contributed by atoms with Crippen LogP contribution in [-0.2, 0) is 0 Å². The number of thiazole rings is 1. The third kappa shape index (κ3) is 3.12. The molecule has 0 saturated carbocycles. The summed E-state index contributed by atoms with van der Waals surface area (Å²) in [7, 11) is 0. The molecule has 0 aliphatic heterocycles. The van der Waals surface area contributed by atoms with Gasteiger partial charge in [-0.1, -0.05) is 53.8 Å². The van der Waals surface area contributed by atoms with E-state index in [9.17, 15) is 9.18 Å². The van der Waals surface area contributed by atoms with E-state index < -0.39 is 0 Å². The summed E-state index contributed by atoms with van der Waals surface area (Å²) in [5, 5.41) is 4.24. The number of allylic oxidation sites excluding steroid dienone is 1. The quantitative estimate of drug-likeness (QED) is 0.571. The predicted molar refractivity (Wildman–Crippen MR) is 97.7 cm³/mol. The zero-order valence-electron chi connectivity index (χ0n) is 13.0. The second-order valence-electron chi connectivity index (χ2n) is 5.34. The van der Waals surface area contributed by atoms with Crippen LogP contribution in [0.4, 0.5) is 4.39 Å². The number of hydrogen-bond donors (Lipinski definition) is 0. The molecule has 4 rings (SSSR count). The summed E-state index contributed by atoms with van der Waals surface area (Å²) in [6, 6.07) is 15.7. The minimum absolute atomic E-state index is 0.210. The molecule has 0 spiro atoms. The Balaban J connectivity index is 1.68. The van der Waals surface area contributed by atoms with Gasteiger partial charge in [0.05, 0.1) is 4.53 Å². The second kappa shape index (κ2) is 6.41. The number of rotatable bonds is 3. The van der Waals surface area contributed by atoms with Crippen LogP contribution < -0.4 is 10.1 Å². The lowest BCUT2D eigenvalue weighted by atomic mass is 10.2. The van der Waals surface area contributed by atoms with Crippen LogP contribution in [0.15, 0.2) is 65.5 Å². The molecule has 0 unspecified atom stereocenters. The summed E-state index contributed by atoms with van der Waals surface area (Å²) in [5.41, 5.74) is 1.52. The van der Waals surface area contributed by atoms with Gasteiger partial charge < -0.3 is 0 Å². The third-order valence-corrected chi connectivity index (χ3v) is 4.60. The first kappa shape index (κ1) is 15.4. The largest absolute Gasteiger partial charge is 0.291 e. The molecule has 6 heteroatoms. The van der Waals surface area contributed by atoms with Crippen molar-refractivity contribution in [3.05, 3.63) is 86.9 Å². The number of halogens is 1. The molecular formula is C19H12FN3OS. The van der Waals surface area contributed by atoms with Gasteiger partial charge in [0.1, 0.15) is 5.82 Å². The predicted octanol–water partition coefficient (Wildman–Crippen LogP) is 3.17. The molecule has 25 heavy (non-hydrogen) atoms. The summed E-state index contributed by atoms with van der Waals surface area (Å²) in [6.45, 7) is 0. The van der Waals surface area contributed by atoms with Gasteiger partial charge in [-0.2, -0.15) is 9.50 Å². The normalized spacial score (nSPS) is 12.4. The number of aromatic nitrogens is 3. The van der Waals surface area contributed by atoms with Crippen LogP contribution in [0.1, 0.15) is 5.56 Å². The van der Waals surface area contributed by atoms with E-state index in [0.29, 0.717) is 20.9 Å². The van der Waals surface area contributed by atoms with Gasteiger partial charge in [-0.15, -0.1) is 5.10 Å². The zero-order chi connectivity index (χ0) is 17.2. The van der Waals surface area contributed by atoms with Crippen molar-refractivity contribution in [2.45, 2.75) is 0 Å². The molecule has 2 aromatic heterocycles. The van der Waals surface area contributed by atoms with E-state index in [4.69, 9.17) is 0 Å². The Kier molecular flexibility index (Phi) is 3.95. The van der Waals surface area contributed by atoms with Gasteiger partial charge in [-0.05, 0) is 35.9 Å². The van der Waals surface area contributed by atoms with E-state index in [1.54, 1.807) is 18.2 Å². The Bertz CT molecular complexity index is 1160. The molecule has 0 aliphatic rings. The maximum absolute atomic E-state index is 13.0. The van der Waals surface area contributed by atoms with Crippen molar-refractivity contribution in [1.29, 1.82) is 0 Å². The summed E-state index contributed by atoms with van der Waals surface area (Å²) >= 11 is 1.27. The van der Waals surface area contributed by atoms with E-state index in [0.717, 1.165) is 5.56 Å². The monoisotopic (exact) mass is 349 g/mol. The molecule has 0 amide bonds. The molecule has 0 atom stereocenters. The average Bonchev–Trinajstić information content (AvgIpc) is 3.17. The Morgan fingerprint density at radius 3 is 2.52 bits per heavy atom. The topological polar surface area (TPSA) is 47.3 Å². The molecule has 0 bridgehead atoms. The fraction of sp³-hybridized carbons (Fsp3) is 0. The minimum atomic E-state index is -0.323. The zero-order valence-corrected chi connectivity index (χ0v) is 13.8. The highest BCUT2D eigenvalue weighted by Crippen LogP contribution is 2.16. The summed E-state index contributed by atoms with van der Waals surface area (Å²) in [4.78, 5) is 17.3. The van der Waals surface area contributed by atoms with Gasteiger partial charge in [0, 0.05) is 5.56 Å². The van der Waals surface area contributed by atoms with E-state index in [1.807, 2.05) is 42.5 Å². The molecule has 4 nitrogen and oxygen atoms in total. The van der Waals surface area contributed by atoms with Crippen molar-refractivity contribution in [1.82, 2.24) is 14.6 Å². The van der Waals surface area contributed by atoms with Gasteiger partial charge in [-0.25, -0.2) is 4.39 Å². The fourth-order valence-corrected chi connectivity index (χ4v) is 3.24. The lowest BCUT2D eigenvalue weighted by Gasteiger charge is -1.93. The van der Waals surface area contributed by atoms with Crippen LogP contribution in [0.3, 0.4) is 0 Å². The fourth-order valence-electron chi connectivity index (χ4n) is 2.38. The van der Waals surface area contributed by atoms with Crippen LogP contribution in [0.5, 0.6) is 0 Å². The molecule has 0 radical (unpaired) electrons. The van der Waals surface area contributed by atoms with Gasteiger partial charge in [0.15, 0.2) is 5.82 Å². The van der Waals surface area contributed by atoms with E-state index in [1.165, 1.54) is 28.0 Å². The molecule has 2 heterocycles. The second-order valence-corrected chi connectivity index (χ2v) is 6.35. The van der Waals surface area contributed by atoms with Crippen LogP contribution in [0.2, 0.25) is 0 Å². The highest BCUT2D eigenvalue weighted by atomic mass is 32.1. The van der Waals surface area contributed by atoms with Crippen LogP contribution in [0, 0.1) is 5.82 Å². The van der Waals surface area contributed by atoms with Crippen LogP contribution >= 0.6 is 11.3 Å². The van der Waals surface area contributed by atoms with Gasteiger partial charge in [0.2, 0.25) is 4.96 Å². The minimum Gasteiger partial charge on any atom is -0.266 e. The van der Waals surface area contributed by atoms with Crippen molar-refractivity contribution in [3.63, 3.8) is 0 Å². The highest BCUT2D eigenvalue weighted by Gasteiger charge is 2.11. The lowest BCUT2D eigenvalue weighted by Crippen LogP contribution is -2.23. The van der Waals surface area contributed by atoms with E-state index in [2.05, 4.69) is 10.1 Å². The summed E-state index contributed by atoms with van der Waals surface area (Å²) < 4.78 is 14.8. The molecule has 0 saturated heterocycles. The van der Waals surface area contributed by atoms with Crippen molar-refractivity contribution in [2.24, 2.45) is 0 Å². The number of nitrogens with zero attached hydrogens (tertiary/aromatic N) is 3. The summed E-state index contributed by atoms with van der Waals surface area (Å²) in [5.74, 6) is 0.0890. The SMILES string of the molecule is O=c1/c(=C/C=C/c2ccccc2)sc2nc(-c3ccc(F)cc3)nn12. The first-order valence-electron chi connectivity index (χ1n) is 7.60. The maximum atomic E-state index is 13.0. The smallest absolute Gasteiger partial charge is 0.266 e. The molecule has 0 fully saturated rings. The van der Waals surface area contributed by atoms with E-state index in [-0.39, 0.29) is 11.4 Å². The first-order chi connectivity index (χ1) is 12.2. The standard InChI is InChI=1S/C19H12FN3OS/c20-15-11-9-14(10-12-15)17-21-19-23(22-17)18(24)16(25-19)8-4-7-13-5-2-1-3-6-13/h1-12H/b7-4+,16-8-. The Morgan fingerprint density at radius 2 is 1.80 bits per heavy atom. The summed E-state index contributed by atoms with van der Waals surface area (Å²) in [6.07, 6.45) is 5.52. The number of benzene rings is 2. The molecule has 122 valence electrons. The molecule has 0 aliphatic carbocycles. The maximum Gasteiger partial charge on any atom is 0.291 e. The first-order valence-corrected chi connectivity index (χ1v) is 8.41. The molecule has 2 aromatic carbocycles. The average molecular weight is 349 g/mol.